The Bertz CT molecular complexity index is 543. The Labute approximate surface area is 105 Å². The standard InChI is InChI=1S/C14H14F2N2/c1-8-13-6-10(7-18(13)9(2)17-8)14-11(15)4-3-5-12(14)16/h3-5,10,17H,2,6-7H2,1H3/t10-/m0/s1. The average molecular weight is 248 g/mol. The minimum Gasteiger partial charge on any atom is -0.344 e. The maximum Gasteiger partial charge on any atom is 0.129 e. The second-order valence-corrected chi connectivity index (χ2v) is 4.79. The number of halogens is 2. The fourth-order valence-electron chi connectivity index (χ4n) is 2.82. The van der Waals surface area contributed by atoms with Gasteiger partial charge in [-0.2, -0.15) is 0 Å². The summed E-state index contributed by atoms with van der Waals surface area (Å²) in [5.74, 6) is -0.271. The predicted molar refractivity (Wildman–Crippen MR) is 65.4 cm³/mol. The minimum atomic E-state index is -0.460. The van der Waals surface area contributed by atoms with Crippen LogP contribution in [0.2, 0.25) is 0 Å². The molecular formula is C14H14F2N2. The molecule has 18 heavy (non-hydrogen) atoms. The van der Waals surface area contributed by atoms with Crippen LogP contribution in [-0.2, 0) is 0 Å². The van der Waals surface area contributed by atoms with Crippen LogP contribution in [0.5, 0.6) is 0 Å². The number of fused-ring (bicyclic) bond motifs is 1. The van der Waals surface area contributed by atoms with Gasteiger partial charge in [0.15, 0.2) is 0 Å². The second kappa shape index (κ2) is 3.83. The second-order valence-electron chi connectivity index (χ2n) is 4.79. The molecule has 1 aromatic rings. The molecule has 2 heterocycles. The van der Waals surface area contributed by atoms with Gasteiger partial charge in [-0.3, -0.25) is 0 Å². The summed E-state index contributed by atoms with van der Waals surface area (Å²) >= 11 is 0. The van der Waals surface area contributed by atoms with E-state index in [1.54, 1.807) is 0 Å². The first-order chi connectivity index (χ1) is 8.58. The molecule has 0 radical (unpaired) electrons. The van der Waals surface area contributed by atoms with Crippen LogP contribution in [-0.4, -0.2) is 11.4 Å². The van der Waals surface area contributed by atoms with Crippen molar-refractivity contribution in [3.8, 4) is 0 Å². The smallest absolute Gasteiger partial charge is 0.129 e. The molecule has 1 saturated heterocycles. The summed E-state index contributed by atoms with van der Waals surface area (Å²) in [4.78, 5) is 2.01. The Morgan fingerprint density at radius 3 is 2.61 bits per heavy atom. The van der Waals surface area contributed by atoms with Crippen molar-refractivity contribution in [2.75, 3.05) is 6.54 Å². The van der Waals surface area contributed by atoms with Gasteiger partial charge in [-0.15, -0.1) is 0 Å². The van der Waals surface area contributed by atoms with Gasteiger partial charge in [-0.05, 0) is 25.5 Å². The molecule has 0 spiro atoms. The molecule has 0 aromatic heterocycles. The molecular weight excluding hydrogens is 234 g/mol. The van der Waals surface area contributed by atoms with Gasteiger partial charge in [-0.1, -0.05) is 12.6 Å². The molecule has 0 bridgehead atoms. The summed E-state index contributed by atoms with van der Waals surface area (Å²) in [6.07, 6.45) is 0.649. The zero-order chi connectivity index (χ0) is 12.9. The normalized spacial score (nSPS) is 22.5. The van der Waals surface area contributed by atoms with E-state index in [0.29, 0.717) is 13.0 Å². The molecule has 3 rings (SSSR count). The number of benzene rings is 1. The Morgan fingerprint density at radius 2 is 2.00 bits per heavy atom. The van der Waals surface area contributed by atoms with Crippen molar-refractivity contribution in [2.45, 2.75) is 19.3 Å². The van der Waals surface area contributed by atoms with Crippen LogP contribution >= 0.6 is 0 Å². The van der Waals surface area contributed by atoms with Gasteiger partial charge < -0.3 is 10.2 Å². The highest BCUT2D eigenvalue weighted by Gasteiger charge is 2.36. The van der Waals surface area contributed by atoms with Crippen molar-refractivity contribution >= 4 is 0 Å². The first-order valence-corrected chi connectivity index (χ1v) is 5.95. The monoisotopic (exact) mass is 248 g/mol. The van der Waals surface area contributed by atoms with Gasteiger partial charge >= 0.3 is 0 Å². The van der Waals surface area contributed by atoms with Crippen LogP contribution in [0.3, 0.4) is 0 Å². The topological polar surface area (TPSA) is 15.3 Å². The Balaban J connectivity index is 1.98. The zero-order valence-electron chi connectivity index (χ0n) is 10.1. The largest absolute Gasteiger partial charge is 0.344 e. The van der Waals surface area contributed by atoms with Crippen LogP contribution in [0.15, 0.2) is 42.0 Å². The van der Waals surface area contributed by atoms with Crippen LogP contribution < -0.4 is 5.32 Å². The molecule has 1 aromatic carbocycles. The number of rotatable bonds is 1. The first-order valence-electron chi connectivity index (χ1n) is 5.95. The van der Waals surface area contributed by atoms with Crippen molar-refractivity contribution in [2.24, 2.45) is 0 Å². The highest BCUT2D eigenvalue weighted by Crippen LogP contribution is 2.41. The molecule has 0 aliphatic carbocycles. The van der Waals surface area contributed by atoms with E-state index in [4.69, 9.17) is 0 Å². The van der Waals surface area contributed by atoms with E-state index < -0.39 is 11.6 Å². The molecule has 2 nitrogen and oxygen atoms in total. The molecule has 0 unspecified atom stereocenters. The molecule has 4 heteroatoms. The lowest BCUT2D eigenvalue weighted by Gasteiger charge is -2.16. The molecule has 2 aliphatic rings. The number of hydrogen-bond acceptors (Lipinski definition) is 2. The molecule has 1 fully saturated rings. The quantitative estimate of drug-likeness (QED) is 0.821. The van der Waals surface area contributed by atoms with E-state index in [-0.39, 0.29) is 11.5 Å². The van der Waals surface area contributed by atoms with E-state index in [1.165, 1.54) is 18.2 Å². The Morgan fingerprint density at radius 1 is 1.33 bits per heavy atom. The lowest BCUT2D eigenvalue weighted by molar-refractivity contribution is 0.461. The van der Waals surface area contributed by atoms with E-state index in [0.717, 1.165) is 17.2 Å². The third kappa shape index (κ3) is 1.52. The summed E-state index contributed by atoms with van der Waals surface area (Å²) < 4.78 is 27.5. The summed E-state index contributed by atoms with van der Waals surface area (Å²) in [6.45, 7) is 6.44. The number of nitrogens with zero attached hydrogens (tertiary/aromatic N) is 1. The van der Waals surface area contributed by atoms with Gasteiger partial charge in [-0.25, -0.2) is 8.78 Å². The summed E-state index contributed by atoms with van der Waals surface area (Å²) in [5, 5.41) is 3.14. The molecule has 0 amide bonds. The highest BCUT2D eigenvalue weighted by atomic mass is 19.1. The van der Waals surface area contributed by atoms with Crippen LogP contribution in [0.1, 0.15) is 24.8 Å². The molecule has 0 saturated carbocycles. The van der Waals surface area contributed by atoms with Crippen LogP contribution in [0, 0.1) is 11.6 Å². The van der Waals surface area contributed by atoms with Gasteiger partial charge in [0.1, 0.15) is 17.5 Å². The fourth-order valence-corrected chi connectivity index (χ4v) is 2.82. The number of allylic oxidation sites excluding steroid dienone is 2. The summed E-state index contributed by atoms with van der Waals surface area (Å²) in [5.41, 5.74) is 2.31. The number of nitrogens with one attached hydrogen (secondary N) is 1. The van der Waals surface area contributed by atoms with Crippen molar-refractivity contribution in [1.29, 1.82) is 0 Å². The van der Waals surface area contributed by atoms with Gasteiger partial charge in [0.2, 0.25) is 0 Å². The molecule has 1 N–H and O–H groups in total. The van der Waals surface area contributed by atoms with Crippen LogP contribution in [0.25, 0.3) is 0 Å². The van der Waals surface area contributed by atoms with Gasteiger partial charge in [0, 0.05) is 29.4 Å². The lowest BCUT2D eigenvalue weighted by Crippen LogP contribution is -2.20. The van der Waals surface area contributed by atoms with Crippen molar-refractivity contribution in [1.82, 2.24) is 10.2 Å². The van der Waals surface area contributed by atoms with Gasteiger partial charge in [0.05, 0.1) is 0 Å². The maximum absolute atomic E-state index is 13.8. The molecule has 94 valence electrons. The fraction of sp³-hybridized carbons (Fsp3) is 0.286. The average Bonchev–Trinajstić information content (AvgIpc) is 2.82. The Hall–Kier alpha value is -1.84. The van der Waals surface area contributed by atoms with Gasteiger partial charge in [0.25, 0.3) is 0 Å². The maximum atomic E-state index is 13.8. The predicted octanol–water partition coefficient (Wildman–Crippen LogP) is 3.06. The Kier molecular flexibility index (Phi) is 2.40. The van der Waals surface area contributed by atoms with E-state index in [2.05, 4.69) is 11.9 Å². The van der Waals surface area contributed by atoms with Crippen LogP contribution in [0.4, 0.5) is 8.78 Å². The first kappa shape index (κ1) is 11.3. The lowest BCUT2D eigenvalue weighted by atomic mass is 9.96. The SMILES string of the molecule is C=C1NC(C)=C2C[C@H](c3c(F)cccc3F)CN12. The molecule has 2 aliphatic heterocycles. The van der Waals surface area contributed by atoms with E-state index >= 15 is 0 Å². The molecule has 1 atom stereocenters. The number of hydrogen-bond donors (Lipinski definition) is 1. The highest BCUT2D eigenvalue weighted by molar-refractivity contribution is 5.35. The third-order valence-electron chi connectivity index (χ3n) is 3.67. The van der Waals surface area contributed by atoms with E-state index in [9.17, 15) is 8.78 Å². The van der Waals surface area contributed by atoms with Crippen molar-refractivity contribution < 1.29 is 8.78 Å². The summed E-state index contributed by atoms with van der Waals surface area (Å²) in [6, 6.07) is 4.03. The minimum absolute atomic E-state index is 0.144. The van der Waals surface area contributed by atoms with E-state index in [1.807, 2.05) is 11.8 Å². The van der Waals surface area contributed by atoms with Crippen molar-refractivity contribution in [3.63, 3.8) is 0 Å². The van der Waals surface area contributed by atoms with Crippen molar-refractivity contribution in [3.05, 3.63) is 59.2 Å². The third-order valence-corrected chi connectivity index (χ3v) is 3.67. The zero-order valence-corrected chi connectivity index (χ0v) is 10.1. The summed E-state index contributed by atoms with van der Waals surface area (Å²) in [7, 11) is 0.